The van der Waals surface area contributed by atoms with E-state index in [4.69, 9.17) is 5.11 Å². The van der Waals surface area contributed by atoms with Crippen LogP contribution in [0.15, 0.2) is 0 Å². The number of rotatable bonds is 5. The topological polar surface area (TPSA) is 86.7 Å². The standard InChI is InChI=1S/C11H12F6N2O4/c12-10(13,14)2-6(9(22)23)18-8(21)5-1-7(20)19(3-5)4-11(15,16)17/h5-6H,1-4H2,(H,18,21)(H,22,23). The van der Waals surface area contributed by atoms with E-state index in [2.05, 4.69) is 0 Å². The quantitative estimate of drug-likeness (QED) is 0.722. The number of aliphatic carboxylic acids is 1. The lowest BCUT2D eigenvalue weighted by Crippen LogP contribution is -2.46. The third-order valence-electron chi connectivity index (χ3n) is 3.01. The molecule has 0 radical (unpaired) electrons. The van der Waals surface area contributed by atoms with Gasteiger partial charge in [0.05, 0.1) is 12.3 Å². The Morgan fingerprint density at radius 2 is 1.78 bits per heavy atom. The Bertz CT molecular complexity index is 490. The number of carbonyl (C=O) groups excluding carboxylic acids is 2. The fourth-order valence-corrected chi connectivity index (χ4v) is 2.04. The van der Waals surface area contributed by atoms with Gasteiger partial charge in [0.1, 0.15) is 12.6 Å². The van der Waals surface area contributed by atoms with Crippen molar-refractivity contribution < 1.29 is 45.8 Å². The fourth-order valence-electron chi connectivity index (χ4n) is 2.04. The van der Waals surface area contributed by atoms with E-state index in [1.54, 1.807) is 5.32 Å². The number of likely N-dealkylation sites (tertiary alicyclic amines) is 1. The minimum Gasteiger partial charge on any atom is -0.480 e. The molecule has 0 saturated carbocycles. The SMILES string of the molecule is O=C(NC(CC(F)(F)F)C(=O)O)C1CC(=O)N(CC(F)(F)F)C1. The molecular weight excluding hydrogens is 338 g/mol. The first-order valence-corrected chi connectivity index (χ1v) is 6.23. The van der Waals surface area contributed by atoms with Crippen molar-refractivity contribution in [1.29, 1.82) is 0 Å². The number of amides is 2. The first-order chi connectivity index (χ1) is 10.3. The van der Waals surface area contributed by atoms with Crippen LogP contribution in [0.2, 0.25) is 0 Å². The number of nitrogens with zero attached hydrogens (tertiary/aromatic N) is 1. The van der Waals surface area contributed by atoms with Gasteiger partial charge in [0.2, 0.25) is 11.8 Å². The van der Waals surface area contributed by atoms with Crippen molar-refractivity contribution in [2.24, 2.45) is 5.92 Å². The predicted octanol–water partition coefficient (Wildman–Crippen LogP) is 0.919. The summed E-state index contributed by atoms with van der Waals surface area (Å²) in [7, 11) is 0. The third kappa shape index (κ3) is 6.32. The zero-order chi connectivity index (χ0) is 18.0. The maximum atomic E-state index is 12.2. The fraction of sp³-hybridized carbons (Fsp3) is 0.727. The van der Waals surface area contributed by atoms with Crippen molar-refractivity contribution in [3.05, 3.63) is 0 Å². The van der Waals surface area contributed by atoms with Crippen LogP contribution < -0.4 is 5.32 Å². The molecule has 0 aromatic rings. The average molecular weight is 350 g/mol. The van der Waals surface area contributed by atoms with Gasteiger partial charge in [-0.05, 0) is 0 Å². The smallest absolute Gasteiger partial charge is 0.406 e. The summed E-state index contributed by atoms with van der Waals surface area (Å²) in [5.41, 5.74) is 0. The van der Waals surface area contributed by atoms with Gasteiger partial charge < -0.3 is 15.3 Å². The molecule has 0 bridgehead atoms. The maximum absolute atomic E-state index is 12.2. The van der Waals surface area contributed by atoms with Crippen LogP contribution in [0, 0.1) is 5.92 Å². The number of carboxylic acids is 1. The van der Waals surface area contributed by atoms with Gasteiger partial charge in [-0.15, -0.1) is 0 Å². The summed E-state index contributed by atoms with van der Waals surface area (Å²) in [5.74, 6) is -5.46. The number of nitrogens with one attached hydrogen (secondary N) is 1. The van der Waals surface area contributed by atoms with Crippen LogP contribution in [0.1, 0.15) is 12.8 Å². The largest absolute Gasteiger partial charge is 0.480 e. The molecule has 2 amide bonds. The van der Waals surface area contributed by atoms with E-state index in [0.717, 1.165) is 0 Å². The van der Waals surface area contributed by atoms with Crippen LogP contribution >= 0.6 is 0 Å². The van der Waals surface area contributed by atoms with E-state index >= 15 is 0 Å². The summed E-state index contributed by atoms with van der Waals surface area (Å²) in [6, 6.07) is -2.27. The van der Waals surface area contributed by atoms with Crippen LogP contribution in [0.3, 0.4) is 0 Å². The lowest BCUT2D eigenvalue weighted by atomic mass is 10.1. The highest BCUT2D eigenvalue weighted by atomic mass is 19.4. The molecule has 1 aliphatic rings. The molecule has 2 atom stereocenters. The molecule has 12 heteroatoms. The second kappa shape index (κ2) is 6.62. The Morgan fingerprint density at radius 1 is 1.22 bits per heavy atom. The molecule has 23 heavy (non-hydrogen) atoms. The zero-order valence-electron chi connectivity index (χ0n) is 11.4. The third-order valence-corrected chi connectivity index (χ3v) is 3.01. The number of carbonyl (C=O) groups is 3. The Labute approximate surface area is 125 Å². The van der Waals surface area contributed by atoms with Crippen molar-refractivity contribution in [1.82, 2.24) is 10.2 Å². The molecule has 0 aromatic heterocycles. The van der Waals surface area contributed by atoms with E-state index < -0.39 is 68.0 Å². The first kappa shape index (κ1) is 19.0. The van der Waals surface area contributed by atoms with Gasteiger partial charge in [-0.2, -0.15) is 26.3 Å². The number of alkyl halides is 6. The number of carboxylic acid groups (broad SMARTS) is 1. The van der Waals surface area contributed by atoms with Crippen molar-refractivity contribution in [3.63, 3.8) is 0 Å². The summed E-state index contributed by atoms with van der Waals surface area (Å²) in [6.07, 6.45) is -12.0. The predicted molar refractivity (Wildman–Crippen MR) is 61.0 cm³/mol. The van der Waals surface area contributed by atoms with E-state index in [1.165, 1.54) is 0 Å². The minimum absolute atomic E-state index is 0.351. The lowest BCUT2D eigenvalue weighted by Gasteiger charge is -2.20. The molecule has 6 nitrogen and oxygen atoms in total. The Kier molecular flexibility index (Phi) is 5.48. The van der Waals surface area contributed by atoms with Gasteiger partial charge in [0, 0.05) is 13.0 Å². The Balaban J connectivity index is 2.67. The summed E-state index contributed by atoms with van der Waals surface area (Å²) >= 11 is 0. The van der Waals surface area contributed by atoms with Crippen LogP contribution in [0.25, 0.3) is 0 Å². The van der Waals surface area contributed by atoms with Crippen molar-refractivity contribution in [3.8, 4) is 0 Å². The average Bonchev–Trinajstić information content (AvgIpc) is 2.66. The number of hydrogen-bond acceptors (Lipinski definition) is 3. The highest BCUT2D eigenvalue weighted by Gasteiger charge is 2.42. The molecule has 1 heterocycles. The molecule has 132 valence electrons. The van der Waals surface area contributed by atoms with Crippen LogP contribution in [-0.2, 0) is 14.4 Å². The minimum atomic E-state index is -4.86. The van der Waals surface area contributed by atoms with Crippen molar-refractivity contribution in [2.45, 2.75) is 31.2 Å². The van der Waals surface area contributed by atoms with Gasteiger partial charge in [-0.25, -0.2) is 4.79 Å². The molecule has 1 aliphatic heterocycles. The zero-order valence-corrected chi connectivity index (χ0v) is 11.4. The van der Waals surface area contributed by atoms with E-state index in [-0.39, 0.29) is 0 Å². The molecule has 0 aliphatic carbocycles. The lowest BCUT2D eigenvalue weighted by molar-refractivity contribution is -0.160. The molecule has 1 fully saturated rings. The monoisotopic (exact) mass is 350 g/mol. The Morgan fingerprint density at radius 3 is 2.22 bits per heavy atom. The van der Waals surface area contributed by atoms with Crippen LogP contribution in [0.4, 0.5) is 26.3 Å². The summed E-state index contributed by atoms with van der Waals surface area (Å²) in [5, 5.41) is 10.2. The molecule has 0 aromatic carbocycles. The molecular formula is C11H12F6N2O4. The van der Waals surface area contributed by atoms with Gasteiger partial charge in [-0.1, -0.05) is 0 Å². The second-order valence-electron chi connectivity index (χ2n) is 5.01. The van der Waals surface area contributed by atoms with E-state index in [9.17, 15) is 40.7 Å². The summed E-state index contributed by atoms with van der Waals surface area (Å²) < 4.78 is 73.2. The molecule has 1 saturated heterocycles. The van der Waals surface area contributed by atoms with E-state index in [0.29, 0.717) is 4.90 Å². The number of halogens is 6. The van der Waals surface area contributed by atoms with Crippen molar-refractivity contribution in [2.75, 3.05) is 13.1 Å². The molecule has 0 spiro atoms. The van der Waals surface area contributed by atoms with Crippen molar-refractivity contribution >= 4 is 17.8 Å². The van der Waals surface area contributed by atoms with Crippen LogP contribution in [0.5, 0.6) is 0 Å². The van der Waals surface area contributed by atoms with Gasteiger partial charge in [0.15, 0.2) is 0 Å². The second-order valence-corrected chi connectivity index (χ2v) is 5.01. The van der Waals surface area contributed by atoms with Gasteiger partial charge in [-0.3, -0.25) is 9.59 Å². The first-order valence-electron chi connectivity index (χ1n) is 6.23. The Hall–Kier alpha value is -2.01. The normalized spacial score (nSPS) is 20.5. The van der Waals surface area contributed by atoms with Gasteiger partial charge in [0.25, 0.3) is 0 Å². The molecule has 2 unspecified atom stereocenters. The number of hydrogen-bond donors (Lipinski definition) is 2. The highest BCUT2D eigenvalue weighted by Crippen LogP contribution is 2.25. The summed E-state index contributed by atoms with van der Waals surface area (Å²) in [4.78, 5) is 34.1. The molecule has 1 rings (SSSR count). The maximum Gasteiger partial charge on any atom is 0.406 e. The molecule has 2 N–H and O–H groups in total. The van der Waals surface area contributed by atoms with Gasteiger partial charge >= 0.3 is 18.3 Å². The van der Waals surface area contributed by atoms with E-state index in [1.807, 2.05) is 0 Å². The highest BCUT2D eigenvalue weighted by molar-refractivity contribution is 5.91. The van der Waals surface area contributed by atoms with Crippen LogP contribution in [-0.4, -0.2) is 59.3 Å². The summed E-state index contributed by atoms with van der Waals surface area (Å²) in [6.45, 7) is -2.22.